The highest BCUT2D eigenvalue weighted by Gasteiger charge is 2.38. The van der Waals surface area contributed by atoms with E-state index in [0.717, 1.165) is 29.5 Å². The van der Waals surface area contributed by atoms with Crippen LogP contribution in [0.15, 0.2) is 35.9 Å². The van der Waals surface area contributed by atoms with Gasteiger partial charge in [0.2, 0.25) is 0 Å². The van der Waals surface area contributed by atoms with E-state index in [1.807, 2.05) is 13.0 Å². The predicted octanol–water partition coefficient (Wildman–Crippen LogP) is 1.63. The van der Waals surface area contributed by atoms with Gasteiger partial charge in [0.1, 0.15) is 18.0 Å². The van der Waals surface area contributed by atoms with Gasteiger partial charge in [0.25, 0.3) is 0 Å². The van der Waals surface area contributed by atoms with E-state index < -0.39 is 24.4 Å². The molecule has 2 aliphatic rings. The second kappa shape index (κ2) is 13.0. The molecule has 194 valence electrons. The van der Waals surface area contributed by atoms with E-state index in [0.29, 0.717) is 37.6 Å². The minimum absolute atomic E-state index is 0.00641. The summed E-state index contributed by atoms with van der Waals surface area (Å²) in [5.41, 5.74) is 3.45. The first-order valence-electron chi connectivity index (χ1n) is 12.1. The third-order valence-electron chi connectivity index (χ3n) is 6.60. The van der Waals surface area contributed by atoms with E-state index in [-0.39, 0.29) is 24.8 Å². The van der Waals surface area contributed by atoms with Crippen molar-refractivity contribution in [2.75, 3.05) is 33.4 Å². The van der Waals surface area contributed by atoms with Gasteiger partial charge in [0.15, 0.2) is 0 Å². The van der Waals surface area contributed by atoms with E-state index >= 15 is 0 Å². The number of amides is 2. The number of aliphatic hydroxyl groups excluding tert-OH is 3. The molecule has 1 saturated heterocycles. The topological polar surface area (TPSA) is 141 Å². The van der Waals surface area contributed by atoms with Gasteiger partial charge in [-0.15, -0.1) is 0 Å². The van der Waals surface area contributed by atoms with E-state index in [4.69, 9.17) is 9.47 Å². The van der Waals surface area contributed by atoms with E-state index in [1.165, 1.54) is 0 Å². The van der Waals surface area contributed by atoms with Crippen molar-refractivity contribution in [3.63, 3.8) is 0 Å². The number of nitrogens with one attached hydrogen (secondary N) is 2. The van der Waals surface area contributed by atoms with Crippen LogP contribution in [0.25, 0.3) is 0 Å². The molecule has 1 aromatic carbocycles. The fourth-order valence-electron chi connectivity index (χ4n) is 4.48. The number of rotatable bonds is 10. The van der Waals surface area contributed by atoms with Crippen molar-refractivity contribution in [2.24, 2.45) is 5.92 Å². The Morgan fingerprint density at radius 3 is 2.69 bits per heavy atom. The van der Waals surface area contributed by atoms with Gasteiger partial charge in [-0.1, -0.05) is 18.2 Å². The Hall–Kier alpha value is -2.43. The molecule has 3 rings (SSSR count). The maximum atomic E-state index is 11.7. The summed E-state index contributed by atoms with van der Waals surface area (Å²) in [6.07, 6.45) is 5.19. The minimum atomic E-state index is -1.19. The zero-order chi connectivity index (χ0) is 25.4. The Labute approximate surface area is 206 Å². The van der Waals surface area contributed by atoms with Crippen molar-refractivity contribution in [2.45, 2.75) is 57.0 Å². The molecule has 1 fully saturated rings. The first-order valence-corrected chi connectivity index (χ1v) is 12.1. The molecule has 9 nitrogen and oxygen atoms in total. The van der Waals surface area contributed by atoms with Gasteiger partial charge in [-0.3, -0.25) is 0 Å². The van der Waals surface area contributed by atoms with Crippen LogP contribution in [0.1, 0.15) is 42.1 Å². The summed E-state index contributed by atoms with van der Waals surface area (Å²) in [6.45, 7) is 3.19. The molecule has 1 aromatic rings. The second-order valence-corrected chi connectivity index (χ2v) is 9.27. The molecular formula is C26H38N2O7. The number of hydrogen-bond acceptors (Lipinski definition) is 7. The standard InChI is InChI=1S/C26H38N2O7/c1-16-11-22(30)21(25-24(32)23(31)14-20(15-29)35-25)13-19(16)12-18-5-3-17(4-6-18)7-8-27-26(33)28-9-10-34-2/h3,5-6,11,13,17,20,23-25,29-32H,4,7-10,12,14-15H2,1-2H3,(H2,27,28,33)/t17?,20?,23?,24-,25+/m1/s1. The number of allylic oxidation sites excluding steroid dienone is 4. The third kappa shape index (κ3) is 7.52. The number of hydrogen-bond donors (Lipinski definition) is 6. The summed E-state index contributed by atoms with van der Waals surface area (Å²) < 4.78 is 10.7. The Morgan fingerprint density at radius 1 is 1.23 bits per heavy atom. The molecule has 9 heteroatoms. The smallest absolute Gasteiger partial charge is 0.314 e. The molecule has 5 atom stereocenters. The normalized spacial score (nSPS) is 26.3. The SMILES string of the molecule is COCCNC(=O)NCCC1C=CC(Cc2cc([C@@H]3OC(CO)CC(O)[C@H]3O)c(O)cc2C)=CC1. The molecule has 0 radical (unpaired) electrons. The summed E-state index contributed by atoms with van der Waals surface area (Å²) in [6, 6.07) is 3.27. The van der Waals surface area contributed by atoms with Crippen LogP contribution < -0.4 is 10.6 Å². The number of carbonyl (C=O) groups is 1. The number of methoxy groups -OCH3 is 1. The lowest BCUT2D eigenvalue weighted by Gasteiger charge is -2.37. The highest BCUT2D eigenvalue weighted by Crippen LogP contribution is 2.38. The van der Waals surface area contributed by atoms with E-state index in [2.05, 4.69) is 28.9 Å². The number of phenolic OH excluding ortho intramolecular Hbond substituents is 1. The zero-order valence-corrected chi connectivity index (χ0v) is 20.4. The van der Waals surface area contributed by atoms with Gasteiger partial charge >= 0.3 is 6.03 Å². The number of aryl methyl sites for hydroxylation is 1. The van der Waals surface area contributed by atoms with E-state index in [1.54, 1.807) is 13.2 Å². The van der Waals surface area contributed by atoms with Crippen LogP contribution in [0.3, 0.4) is 0 Å². The highest BCUT2D eigenvalue weighted by atomic mass is 16.5. The summed E-state index contributed by atoms with van der Waals surface area (Å²) >= 11 is 0. The van der Waals surface area contributed by atoms with Crippen LogP contribution in [0.4, 0.5) is 4.79 Å². The van der Waals surface area contributed by atoms with Crippen molar-refractivity contribution < 1.29 is 34.7 Å². The average Bonchev–Trinajstić information content (AvgIpc) is 2.84. The molecule has 35 heavy (non-hydrogen) atoms. The second-order valence-electron chi connectivity index (χ2n) is 9.27. The molecular weight excluding hydrogens is 452 g/mol. The number of aliphatic hydroxyl groups is 3. The Kier molecular flexibility index (Phi) is 10.1. The Bertz CT molecular complexity index is 917. The Balaban J connectivity index is 1.57. The molecule has 0 saturated carbocycles. The number of urea groups is 1. The van der Waals surface area contributed by atoms with Crippen LogP contribution in [0.2, 0.25) is 0 Å². The largest absolute Gasteiger partial charge is 0.508 e. The lowest BCUT2D eigenvalue weighted by atomic mass is 9.87. The van der Waals surface area contributed by atoms with Gasteiger partial charge in [-0.2, -0.15) is 0 Å². The van der Waals surface area contributed by atoms with Crippen molar-refractivity contribution in [3.8, 4) is 5.75 Å². The molecule has 0 aromatic heterocycles. The molecule has 1 aliphatic heterocycles. The maximum absolute atomic E-state index is 11.7. The van der Waals surface area contributed by atoms with Gasteiger partial charge in [-0.25, -0.2) is 4.79 Å². The summed E-state index contributed by atoms with van der Waals surface area (Å²) in [7, 11) is 1.59. The fourth-order valence-corrected chi connectivity index (χ4v) is 4.48. The number of phenols is 1. The molecule has 3 unspecified atom stereocenters. The zero-order valence-electron chi connectivity index (χ0n) is 20.4. The summed E-state index contributed by atoms with van der Waals surface area (Å²) in [5, 5.41) is 46.3. The third-order valence-corrected chi connectivity index (χ3v) is 6.60. The Morgan fingerprint density at radius 2 is 2.00 bits per heavy atom. The van der Waals surface area contributed by atoms with Crippen molar-refractivity contribution in [1.82, 2.24) is 10.6 Å². The molecule has 1 heterocycles. The fraction of sp³-hybridized carbons (Fsp3) is 0.577. The molecule has 1 aliphatic carbocycles. The lowest BCUT2D eigenvalue weighted by Crippen LogP contribution is -2.44. The van der Waals surface area contributed by atoms with Gasteiger partial charge in [0.05, 0.1) is 25.4 Å². The summed E-state index contributed by atoms with van der Waals surface area (Å²) in [4.78, 5) is 11.7. The van der Waals surface area contributed by atoms with Gasteiger partial charge < -0.3 is 40.5 Å². The number of carbonyl (C=O) groups excluding carboxylic acids is 1. The maximum Gasteiger partial charge on any atom is 0.314 e. The van der Waals surface area contributed by atoms with Crippen LogP contribution in [-0.2, 0) is 15.9 Å². The molecule has 0 bridgehead atoms. The molecule has 0 spiro atoms. The van der Waals surface area contributed by atoms with Gasteiger partial charge in [-0.05, 0) is 60.9 Å². The quantitative estimate of drug-likeness (QED) is 0.274. The monoisotopic (exact) mass is 490 g/mol. The van der Waals surface area contributed by atoms with Crippen LogP contribution in [-0.4, -0.2) is 78.2 Å². The first kappa shape index (κ1) is 27.2. The minimum Gasteiger partial charge on any atom is -0.508 e. The van der Waals surface area contributed by atoms with Crippen LogP contribution >= 0.6 is 0 Å². The number of ether oxygens (including phenoxy) is 2. The number of aromatic hydroxyl groups is 1. The van der Waals surface area contributed by atoms with E-state index in [9.17, 15) is 25.2 Å². The highest BCUT2D eigenvalue weighted by molar-refractivity contribution is 5.73. The van der Waals surface area contributed by atoms with Crippen LogP contribution in [0, 0.1) is 12.8 Å². The van der Waals surface area contributed by atoms with Crippen molar-refractivity contribution in [1.29, 1.82) is 0 Å². The van der Waals surface area contributed by atoms with Gasteiger partial charge in [0, 0.05) is 32.2 Å². The van der Waals surface area contributed by atoms with Crippen LogP contribution in [0.5, 0.6) is 5.75 Å². The summed E-state index contributed by atoms with van der Waals surface area (Å²) in [5.74, 6) is 0.338. The van der Waals surface area contributed by atoms with Crippen molar-refractivity contribution in [3.05, 3.63) is 52.6 Å². The average molecular weight is 491 g/mol. The molecule has 6 N–H and O–H groups in total. The van der Waals surface area contributed by atoms with Crippen molar-refractivity contribution >= 4 is 6.03 Å². The number of benzene rings is 1. The molecule has 2 amide bonds. The predicted molar refractivity (Wildman–Crippen MR) is 131 cm³/mol. The lowest BCUT2D eigenvalue weighted by molar-refractivity contribution is -0.180. The first-order chi connectivity index (χ1) is 16.8.